The van der Waals surface area contributed by atoms with E-state index in [-0.39, 0.29) is 0 Å². The predicted molar refractivity (Wildman–Crippen MR) is 122 cm³/mol. The third kappa shape index (κ3) is 3.95. The third-order valence-electron chi connectivity index (χ3n) is 5.48. The lowest BCUT2D eigenvalue weighted by molar-refractivity contribution is -0.137. The molecule has 4 heterocycles. The lowest BCUT2D eigenvalue weighted by atomic mass is 10.1. The second-order valence-electron chi connectivity index (χ2n) is 7.58. The van der Waals surface area contributed by atoms with Crippen LogP contribution in [-0.4, -0.2) is 61.0 Å². The molecule has 0 saturated carbocycles. The Morgan fingerprint density at radius 2 is 1.97 bits per heavy atom. The highest BCUT2D eigenvalue weighted by atomic mass is 32.1. The van der Waals surface area contributed by atoms with Crippen LogP contribution in [0.15, 0.2) is 54.2 Å². The quantitative estimate of drug-likeness (QED) is 0.336. The Labute approximate surface area is 192 Å². The number of imidazole rings is 1. The summed E-state index contributed by atoms with van der Waals surface area (Å²) in [5.74, 6) is 0.500. The molecule has 33 heavy (non-hydrogen) atoms. The lowest BCUT2D eigenvalue weighted by Crippen LogP contribution is -2.41. The minimum Gasteiger partial charge on any atom is -0.387 e. The third-order valence-corrected chi connectivity index (χ3v) is 6.35. The number of carbonyl (C=O) groups excluding carboxylic acids is 1. The summed E-state index contributed by atoms with van der Waals surface area (Å²) in [7, 11) is 1.44. The van der Waals surface area contributed by atoms with E-state index in [0.717, 1.165) is 10.4 Å². The molecule has 10 nitrogen and oxygen atoms in total. The fourth-order valence-electron chi connectivity index (χ4n) is 3.77. The summed E-state index contributed by atoms with van der Waals surface area (Å²) in [6.07, 6.45) is -3.51. The summed E-state index contributed by atoms with van der Waals surface area (Å²) in [6.45, 7) is 0.531. The van der Waals surface area contributed by atoms with E-state index in [2.05, 4.69) is 25.6 Å². The van der Waals surface area contributed by atoms with Gasteiger partial charge in [-0.3, -0.25) is 9.36 Å². The molecule has 1 aromatic carbocycles. The summed E-state index contributed by atoms with van der Waals surface area (Å²) in [4.78, 5) is 26.7. The maximum absolute atomic E-state index is 12.1. The molecule has 0 radical (unpaired) electrons. The summed E-state index contributed by atoms with van der Waals surface area (Å²) in [5, 5.41) is 28.7. The van der Waals surface area contributed by atoms with Gasteiger partial charge in [-0.15, -0.1) is 11.3 Å². The van der Waals surface area contributed by atoms with Crippen molar-refractivity contribution in [1.29, 1.82) is 0 Å². The summed E-state index contributed by atoms with van der Waals surface area (Å²) in [5.41, 5.74) is 1.98. The van der Waals surface area contributed by atoms with E-state index in [4.69, 9.17) is 4.74 Å². The van der Waals surface area contributed by atoms with Crippen LogP contribution < -0.4 is 10.6 Å². The van der Waals surface area contributed by atoms with Gasteiger partial charge < -0.3 is 25.6 Å². The largest absolute Gasteiger partial charge is 0.387 e. The van der Waals surface area contributed by atoms with Gasteiger partial charge in [-0.1, -0.05) is 36.4 Å². The van der Waals surface area contributed by atoms with Gasteiger partial charge in [-0.05, 0) is 17.0 Å². The first kappa shape index (κ1) is 21.5. The Morgan fingerprint density at radius 3 is 2.70 bits per heavy atom. The molecule has 4 N–H and O–H groups in total. The van der Waals surface area contributed by atoms with E-state index in [1.54, 1.807) is 0 Å². The van der Waals surface area contributed by atoms with Gasteiger partial charge >= 0.3 is 0 Å². The van der Waals surface area contributed by atoms with Crippen LogP contribution in [0, 0.1) is 0 Å². The molecule has 1 aliphatic heterocycles. The highest BCUT2D eigenvalue weighted by molar-refractivity contribution is 7.13. The molecule has 3 aromatic heterocycles. The van der Waals surface area contributed by atoms with Gasteiger partial charge in [0.1, 0.15) is 12.2 Å². The Kier molecular flexibility index (Phi) is 5.77. The number of hydrogen-bond donors (Lipinski definition) is 4. The molecule has 0 spiro atoms. The van der Waals surface area contributed by atoms with Crippen LogP contribution in [0.4, 0.5) is 5.82 Å². The van der Waals surface area contributed by atoms with Crippen molar-refractivity contribution in [2.45, 2.75) is 31.1 Å². The number of likely N-dealkylation sites (N-methyl/N-ethyl adjacent to an activating group) is 1. The van der Waals surface area contributed by atoms with Crippen molar-refractivity contribution >= 4 is 34.2 Å². The molecule has 1 aliphatic rings. The molecule has 170 valence electrons. The molecule has 1 saturated heterocycles. The lowest BCUT2D eigenvalue weighted by Gasteiger charge is -2.17. The normalized spacial score (nSPS) is 22.5. The number of nitrogens with one attached hydrogen (secondary N) is 2. The maximum atomic E-state index is 12.1. The standard InChI is InChI=1S/C22H22N6O4S/c1-23-21(31)17-15(29)16(30)22(32-17)28-11-25-14-19(24-10-12-6-3-2-4-7-12)26-18(27-20(14)28)13-8-5-9-33-13/h2-9,11,15-17,22,29-30H,10H2,1H3,(H,23,31)(H,24,26,27). The number of benzene rings is 1. The van der Waals surface area contributed by atoms with E-state index in [0.29, 0.717) is 29.4 Å². The van der Waals surface area contributed by atoms with Crippen LogP contribution in [0.5, 0.6) is 0 Å². The van der Waals surface area contributed by atoms with Gasteiger partial charge in [0.25, 0.3) is 5.91 Å². The number of hydrogen-bond acceptors (Lipinski definition) is 9. The van der Waals surface area contributed by atoms with E-state index in [1.165, 1.54) is 29.3 Å². The van der Waals surface area contributed by atoms with Crippen LogP contribution in [0.1, 0.15) is 11.8 Å². The zero-order valence-corrected chi connectivity index (χ0v) is 18.4. The Bertz CT molecular complexity index is 1260. The first-order valence-electron chi connectivity index (χ1n) is 10.4. The van der Waals surface area contributed by atoms with Gasteiger partial charge in [0.15, 0.2) is 35.1 Å². The van der Waals surface area contributed by atoms with E-state index < -0.39 is 30.4 Å². The molecule has 0 aliphatic carbocycles. The van der Waals surface area contributed by atoms with E-state index >= 15 is 0 Å². The fraction of sp³-hybridized carbons (Fsp3) is 0.273. The first-order chi connectivity index (χ1) is 16.1. The van der Waals surface area contributed by atoms with Crippen molar-refractivity contribution < 1.29 is 19.7 Å². The van der Waals surface area contributed by atoms with Crippen molar-refractivity contribution in [2.75, 3.05) is 12.4 Å². The average molecular weight is 467 g/mol. The van der Waals surface area contributed by atoms with Gasteiger partial charge in [-0.25, -0.2) is 15.0 Å². The Morgan fingerprint density at radius 1 is 1.15 bits per heavy atom. The molecule has 5 rings (SSSR count). The van der Waals surface area contributed by atoms with Crippen LogP contribution in [0.25, 0.3) is 21.9 Å². The fourth-order valence-corrected chi connectivity index (χ4v) is 4.43. The molecule has 4 atom stereocenters. The van der Waals surface area contributed by atoms with E-state index in [9.17, 15) is 15.0 Å². The highest BCUT2D eigenvalue weighted by Crippen LogP contribution is 2.34. The molecule has 1 amide bonds. The topological polar surface area (TPSA) is 134 Å². The van der Waals surface area contributed by atoms with Crippen LogP contribution in [0.2, 0.25) is 0 Å². The van der Waals surface area contributed by atoms with Gasteiger partial charge in [0.05, 0.1) is 11.2 Å². The number of fused-ring (bicyclic) bond motifs is 1. The summed E-state index contributed by atoms with van der Waals surface area (Å²) >= 11 is 1.50. The molecular formula is C22H22N6O4S. The number of aliphatic hydroxyl groups excluding tert-OH is 2. The number of anilines is 1. The number of aromatic nitrogens is 4. The van der Waals surface area contributed by atoms with Crippen molar-refractivity contribution in [3.05, 3.63) is 59.7 Å². The number of amides is 1. The number of nitrogens with zero attached hydrogens (tertiary/aromatic N) is 4. The van der Waals surface area contributed by atoms with Gasteiger partial charge in [0, 0.05) is 13.6 Å². The van der Waals surface area contributed by atoms with Gasteiger partial charge in [-0.2, -0.15) is 0 Å². The van der Waals surface area contributed by atoms with Crippen molar-refractivity contribution in [3.63, 3.8) is 0 Å². The predicted octanol–water partition coefficient (Wildman–Crippen LogP) is 1.53. The summed E-state index contributed by atoms with van der Waals surface area (Å²) in [6, 6.07) is 13.7. The minimum atomic E-state index is -1.39. The SMILES string of the molecule is CNC(=O)C1OC(n2cnc3c(NCc4ccccc4)nc(-c4cccs4)nc32)C(O)C1O. The highest BCUT2D eigenvalue weighted by Gasteiger charge is 2.47. The molecule has 1 fully saturated rings. The van der Waals surface area contributed by atoms with E-state index in [1.807, 2.05) is 47.8 Å². The van der Waals surface area contributed by atoms with Crippen LogP contribution in [-0.2, 0) is 16.1 Å². The molecular weight excluding hydrogens is 444 g/mol. The van der Waals surface area contributed by atoms with Crippen LogP contribution in [0.3, 0.4) is 0 Å². The number of rotatable bonds is 6. The number of thiophene rings is 1. The zero-order valence-electron chi connectivity index (χ0n) is 17.6. The summed E-state index contributed by atoms with van der Waals surface area (Å²) < 4.78 is 7.25. The molecule has 4 aromatic rings. The van der Waals surface area contributed by atoms with Crippen LogP contribution >= 0.6 is 11.3 Å². The van der Waals surface area contributed by atoms with Gasteiger partial charge in [0.2, 0.25) is 0 Å². The smallest absolute Gasteiger partial charge is 0.251 e. The van der Waals surface area contributed by atoms with Crippen molar-refractivity contribution in [3.8, 4) is 10.7 Å². The average Bonchev–Trinajstić information content (AvgIpc) is 3.58. The van der Waals surface area contributed by atoms with Crippen molar-refractivity contribution in [2.24, 2.45) is 0 Å². The number of aliphatic hydroxyl groups is 2. The minimum absolute atomic E-state index is 0.415. The first-order valence-corrected chi connectivity index (χ1v) is 11.2. The molecule has 0 bridgehead atoms. The second kappa shape index (κ2) is 8.87. The Hall–Kier alpha value is -3.38. The second-order valence-corrected chi connectivity index (χ2v) is 8.53. The number of carbonyl (C=O) groups is 1. The molecule has 4 unspecified atom stereocenters. The number of ether oxygens (including phenoxy) is 1. The Balaban J connectivity index is 1.56. The molecule has 11 heteroatoms. The monoisotopic (exact) mass is 466 g/mol. The maximum Gasteiger partial charge on any atom is 0.251 e. The zero-order chi connectivity index (χ0) is 22.9. The van der Waals surface area contributed by atoms with Crippen molar-refractivity contribution in [1.82, 2.24) is 24.8 Å².